The van der Waals surface area contributed by atoms with Gasteiger partial charge in [0.25, 0.3) is 0 Å². The van der Waals surface area contributed by atoms with E-state index in [-0.39, 0.29) is 35.9 Å². The van der Waals surface area contributed by atoms with Crippen molar-refractivity contribution in [2.45, 2.75) is 4.90 Å². The summed E-state index contributed by atoms with van der Waals surface area (Å²) in [6.45, 7) is 0. The van der Waals surface area contributed by atoms with E-state index in [4.69, 9.17) is 0 Å². The predicted molar refractivity (Wildman–Crippen MR) is 34.7 cm³/mol. The van der Waals surface area contributed by atoms with Gasteiger partial charge in [0.2, 0.25) is 0 Å². The second-order valence-electron chi connectivity index (χ2n) is 1.57. The van der Waals surface area contributed by atoms with Crippen LogP contribution in [0.25, 0.3) is 0 Å². The summed E-state index contributed by atoms with van der Waals surface area (Å²) in [5.41, 5.74) is 0. The van der Waals surface area contributed by atoms with Gasteiger partial charge in [-0.25, -0.2) is 8.78 Å². The Bertz CT molecular complexity index is 212. The van der Waals surface area contributed by atoms with E-state index in [1.165, 1.54) is 6.07 Å². The zero-order valence-corrected chi connectivity index (χ0v) is 8.33. The van der Waals surface area contributed by atoms with Crippen molar-refractivity contribution in [1.29, 1.82) is 0 Å². The summed E-state index contributed by atoms with van der Waals surface area (Å²) in [5, 5.41) is 0. The minimum atomic E-state index is -0.627. The van der Waals surface area contributed by atoms with Crippen LogP contribution >= 0.6 is 12.6 Å². The Labute approximate surface area is 86.8 Å². The van der Waals surface area contributed by atoms with Crippen molar-refractivity contribution in [2.24, 2.45) is 0 Å². The van der Waals surface area contributed by atoms with Gasteiger partial charge in [0.05, 0.1) is 4.90 Å². The molecule has 0 saturated heterocycles. The molecule has 1 aromatic rings. The van der Waals surface area contributed by atoms with Crippen LogP contribution in [0.2, 0.25) is 0 Å². The third-order valence-electron chi connectivity index (χ3n) is 0.938. The number of hydrogen-bond acceptors (Lipinski definition) is 1. The largest absolute Gasteiger partial charge is 1.00 e. The molecule has 0 atom stereocenters. The van der Waals surface area contributed by atoms with Crippen LogP contribution in [0.4, 0.5) is 8.78 Å². The molecule has 10 heavy (non-hydrogen) atoms. The van der Waals surface area contributed by atoms with Crippen molar-refractivity contribution >= 4 is 12.6 Å². The molecule has 0 spiro atoms. The minimum Gasteiger partial charge on any atom is -1.00 e. The Hall–Kier alpha value is 0.430. The van der Waals surface area contributed by atoms with Crippen LogP contribution in [0, 0.1) is 11.6 Å². The number of rotatable bonds is 0. The third kappa shape index (κ3) is 2.23. The van der Waals surface area contributed by atoms with Crippen molar-refractivity contribution in [3.05, 3.63) is 29.8 Å². The predicted octanol–water partition coefficient (Wildman–Crippen LogP) is -0.630. The molecule has 0 nitrogen and oxygen atoms in total. The van der Waals surface area contributed by atoms with Crippen LogP contribution in [0.15, 0.2) is 23.1 Å². The van der Waals surface area contributed by atoms with Gasteiger partial charge >= 0.3 is 29.6 Å². The summed E-state index contributed by atoms with van der Waals surface area (Å²) in [7, 11) is 0. The maximum Gasteiger partial charge on any atom is 1.00 e. The molecule has 0 aromatic heterocycles. The zero-order chi connectivity index (χ0) is 6.85. The molecule has 0 saturated carbocycles. The Balaban J connectivity index is 0. The van der Waals surface area contributed by atoms with Gasteiger partial charge in [0, 0.05) is 0 Å². The van der Waals surface area contributed by atoms with Crippen LogP contribution in [0.1, 0.15) is 1.43 Å². The Morgan fingerprint density at radius 3 is 1.90 bits per heavy atom. The zero-order valence-electron chi connectivity index (χ0n) is 6.44. The third-order valence-corrected chi connectivity index (χ3v) is 1.36. The van der Waals surface area contributed by atoms with E-state index in [0.717, 1.165) is 12.1 Å². The molecule has 0 aliphatic rings. The first-order chi connectivity index (χ1) is 4.22. The van der Waals surface area contributed by atoms with Crippen LogP contribution in [0.3, 0.4) is 0 Å². The first-order valence-corrected chi connectivity index (χ1v) is 2.79. The molecular formula is C6H5F2NaS. The molecule has 4 heteroatoms. The van der Waals surface area contributed by atoms with Crippen LogP contribution in [0.5, 0.6) is 0 Å². The molecule has 0 N–H and O–H groups in total. The molecule has 0 aliphatic carbocycles. The summed E-state index contributed by atoms with van der Waals surface area (Å²) < 4.78 is 24.5. The summed E-state index contributed by atoms with van der Waals surface area (Å²) >= 11 is 3.56. The second-order valence-corrected chi connectivity index (χ2v) is 2.02. The first-order valence-electron chi connectivity index (χ1n) is 2.35. The Morgan fingerprint density at radius 2 is 1.60 bits per heavy atom. The topological polar surface area (TPSA) is 0 Å². The first kappa shape index (κ1) is 10.4. The van der Waals surface area contributed by atoms with Crippen molar-refractivity contribution in [2.75, 3.05) is 0 Å². The summed E-state index contributed by atoms with van der Waals surface area (Å²) in [4.78, 5) is -0.225. The van der Waals surface area contributed by atoms with Gasteiger partial charge in [-0.15, -0.1) is 12.6 Å². The van der Waals surface area contributed by atoms with Crippen molar-refractivity contribution in [3.8, 4) is 0 Å². The summed E-state index contributed by atoms with van der Waals surface area (Å²) in [6.07, 6.45) is 0. The molecule has 50 valence electrons. The van der Waals surface area contributed by atoms with Gasteiger partial charge in [-0.3, -0.25) is 0 Å². The fourth-order valence-corrected chi connectivity index (χ4v) is 0.638. The number of halogens is 2. The summed E-state index contributed by atoms with van der Waals surface area (Å²) in [6, 6.07) is 3.61. The monoisotopic (exact) mass is 170 g/mol. The van der Waals surface area contributed by atoms with Crippen LogP contribution in [-0.2, 0) is 0 Å². The molecule has 0 bridgehead atoms. The van der Waals surface area contributed by atoms with Crippen molar-refractivity contribution in [1.82, 2.24) is 0 Å². The summed E-state index contributed by atoms with van der Waals surface area (Å²) in [5.74, 6) is -1.25. The van der Waals surface area contributed by atoms with E-state index in [1.807, 2.05) is 0 Å². The molecule has 0 amide bonds. The molecule has 1 aromatic carbocycles. The molecule has 0 unspecified atom stereocenters. The van der Waals surface area contributed by atoms with Gasteiger partial charge in [-0.2, -0.15) is 0 Å². The van der Waals surface area contributed by atoms with Crippen molar-refractivity contribution < 1.29 is 39.8 Å². The minimum absolute atomic E-state index is 0. The molecule has 0 fully saturated rings. The van der Waals surface area contributed by atoms with Gasteiger partial charge in [0.15, 0.2) is 0 Å². The quantitative estimate of drug-likeness (QED) is 0.389. The van der Waals surface area contributed by atoms with Gasteiger partial charge in [-0.05, 0) is 12.1 Å². The molecule has 0 heterocycles. The maximum atomic E-state index is 12.3. The molecule has 0 radical (unpaired) electrons. The Kier molecular flexibility index (Phi) is 4.52. The van der Waals surface area contributed by atoms with E-state index in [0.29, 0.717) is 0 Å². The number of thiol groups is 1. The second kappa shape index (κ2) is 4.34. The average molecular weight is 170 g/mol. The standard InChI is InChI=1S/C6H4F2S.Na.H/c7-4-2-1-3-5(8)6(4)9;;/h1-3,9H;;/q;+1;-1. The maximum absolute atomic E-state index is 12.3. The molecule has 0 aliphatic heterocycles. The smallest absolute Gasteiger partial charge is 1.00 e. The average Bonchev–Trinajstić information content (AvgIpc) is 1.83. The molecule has 1 rings (SSSR count). The Morgan fingerprint density at radius 1 is 1.20 bits per heavy atom. The van der Waals surface area contributed by atoms with Crippen LogP contribution < -0.4 is 29.6 Å². The van der Waals surface area contributed by atoms with Crippen molar-refractivity contribution in [3.63, 3.8) is 0 Å². The normalized spacial score (nSPS) is 8.70. The van der Waals surface area contributed by atoms with Gasteiger partial charge < -0.3 is 1.43 Å². The van der Waals surface area contributed by atoms with Gasteiger partial charge in [0.1, 0.15) is 11.6 Å². The fourth-order valence-electron chi connectivity index (χ4n) is 0.489. The van der Waals surface area contributed by atoms with E-state index >= 15 is 0 Å². The van der Waals surface area contributed by atoms with Gasteiger partial charge in [-0.1, -0.05) is 6.07 Å². The molecular weight excluding hydrogens is 165 g/mol. The van der Waals surface area contributed by atoms with E-state index in [2.05, 4.69) is 12.6 Å². The van der Waals surface area contributed by atoms with E-state index in [9.17, 15) is 8.78 Å². The van der Waals surface area contributed by atoms with Crippen LogP contribution in [-0.4, -0.2) is 0 Å². The fraction of sp³-hybridized carbons (Fsp3) is 0. The number of benzene rings is 1. The van der Waals surface area contributed by atoms with E-state index < -0.39 is 11.6 Å². The SMILES string of the molecule is Fc1cccc(F)c1S.[H-].[Na+]. The number of hydrogen-bond donors (Lipinski definition) is 1. The van der Waals surface area contributed by atoms with E-state index in [1.54, 1.807) is 0 Å².